The molecular weight excluding hydrogens is 210 g/mol. The summed E-state index contributed by atoms with van der Waals surface area (Å²) in [6.07, 6.45) is 5.21. The summed E-state index contributed by atoms with van der Waals surface area (Å²) < 4.78 is 5.68. The van der Waals surface area contributed by atoms with Crippen molar-refractivity contribution in [2.24, 2.45) is 5.92 Å². The van der Waals surface area contributed by atoms with Gasteiger partial charge in [-0.25, -0.2) is 0 Å². The molecule has 1 aromatic carbocycles. The highest BCUT2D eigenvalue weighted by Crippen LogP contribution is 2.22. The molecule has 0 aliphatic carbocycles. The first kappa shape index (κ1) is 12.6. The van der Waals surface area contributed by atoms with Crippen LogP contribution in [0.25, 0.3) is 0 Å². The average Bonchev–Trinajstić information content (AvgIpc) is 2.42. The molecule has 0 spiro atoms. The Hall–Kier alpha value is -0.860. The van der Waals surface area contributed by atoms with Crippen LogP contribution in [0.3, 0.4) is 0 Å². The van der Waals surface area contributed by atoms with E-state index in [2.05, 4.69) is 35.6 Å². The van der Waals surface area contributed by atoms with Gasteiger partial charge in [-0.2, -0.15) is 0 Å². The molecular formula is C15H23NO. The molecule has 2 nitrogen and oxygen atoms in total. The Labute approximate surface area is 104 Å². The van der Waals surface area contributed by atoms with E-state index in [9.17, 15) is 0 Å². The molecule has 0 saturated carbocycles. The lowest BCUT2D eigenvalue weighted by Gasteiger charge is -2.29. The lowest BCUT2D eigenvalue weighted by molar-refractivity contribution is 0.0334. The van der Waals surface area contributed by atoms with Crippen molar-refractivity contribution < 1.29 is 4.74 Å². The molecule has 94 valence electrons. The standard InChI is InChI=1S/C15H23NO/c1-17-15(14-9-11-16-12-10-14)8-7-13-5-3-2-4-6-13/h2-6,14-16H,7-12H2,1H3. The maximum absolute atomic E-state index is 5.68. The minimum absolute atomic E-state index is 0.428. The molecule has 1 aliphatic heterocycles. The number of piperidine rings is 1. The fraction of sp³-hybridized carbons (Fsp3) is 0.600. The predicted molar refractivity (Wildman–Crippen MR) is 71.2 cm³/mol. The Morgan fingerprint density at radius 2 is 1.94 bits per heavy atom. The van der Waals surface area contributed by atoms with E-state index in [4.69, 9.17) is 4.74 Å². The van der Waals surface area contributed by atoms with E-state index < -0.39 is 0 Å². The highest BCUT2D eigenvalue weighted by molar-refractivity contribution is 5.14. The molecule has 2 rings (SSSR count). The van der Waals surface area contributed by atoms with Gasteiger partial charge in [-0.3, -0.25) is 0 Å². The first-order valence-electron chi connectivity index (χ1n) is 6.67. The summed E-state index contributed by atoms with van der Waals surface area (Å²) in [6.45, 7) is 2.30. The Bertz CT molecular complexity index is 306. The number of hydrogen-bond donors (Lipinski definition) is 1. The Morgan fingerprint density at radius 3 is 2.59 bits per heavy atom. The summed E-state index contributed by atoms with van der Waals surface area (Å²) in [4.78, 5) is 0. The molecule has 2 heteroatoms. The SMILES string of the molecule is COC(CCc1ccccc1)C1CCNCC1. The lowest BCUT2D eigenvalue weighted by Crippen LogP contribution is -2.35. The number of nitrogens with one attached hydrogen (secondary N) is 1. The van der Waals surface area contributed by atoms with Crippen LogP contribution in [0.1, 0.15) is 24.8 Å². The molecule has 1 atom stereocenters. The molecule has 1 saturated heterocycles. The zero-order chi connectivity index (χ0) is 11.9. The van der Waals surface area contributed by atoms with Gasteiger partial charge in [0, 0.05) is 7.11 Å². The van der Waals surface area contributed by atoms with Gasteiger partial charge in [-0.15, -0.1) is 0 Å². The van der Waals surface area contributed by atoms with Gasteiger partial charge in [0.05, 0.1) is 6.10 Å². The van der Waals surface area contributed by atoms with Gasteiger partial charge in [0.1, 0.15) is 0 Å². The minimum Gasteiger partial charge on any atom is -0.381 e. The summed E-state index contributed by atoms with van der Waals surface area (Å²) in [5, 5.41) is 3.41. The van der Waals surface area contributed by atoms with Crippen molar-refractivity contribution in [3.8, 4) is 0 Å². The number of aryl methyl sites for hydroxylation is 1. The van der Waals surface area contributed by atoms with Gasteiger partial charge in [0.2, 0.25) is 0 Å². The first-order valence-corrected chi connectivity index (χ1v) is 6.67. The predicted octanol–water partition coefficient (Wildman–Crippen LogP) is 2.63. The van der Waals surface area contributed by atoms with Crippen molar-refractivity contribution in [3.63, 3.8) is 0 Å². The van der Waals surface area contributed by atoms with Gasteiger partial charge >= 0.3 is 0 Å². The normalized spacial score (nSPS) is 19.1. The maximum Gasteiger partial charge on any atom is 0.0603 e. The van der Waals surface area contributed by atoms with E-state index >= 15 is 0 Å². The van der Waals surface area contributed by atoms with Crippen LogP contribution in [0.4, 0.5) is 0 Å². The highest BCUT2D eigenvalue weighted by Gasteiger charge is 2.22. The van der Waals surface area contributed by atoms with Crippen molar-refractivity contribution in [2.45, 2.75) is 31.8 Å². The fourth-order valence-corrected chi connectivity index (χ4v) is 2.72. The van der Waals surface area contributed by atoms with Crippen molar-refractivity contribution in [2.75, 3.05) is 20.2 Å². The van der Waals surface area contributed by atoms with Crippen LogP contribution < -0.4 is 5.32 Å². The van der Waals surface area contributed by atoms with E-state index in [1.54, 1.807) is 0 Å². The summed E-state index contributed by atoms with van der Waals surface area (Å²) in [5.41, 5.74) is 1.42. The van der Waals surface area contributed by atoms with E-state index in [1.165, 1.54) is 18.4 Å². The van der Waals surface area contributed by atoms with Crippen molar-refractivity contribution in [3.05, 3.63) is 35.9 Å². The summed E-state index contributed by atoms with van der Waals surface area (Å²) in [6, 6.07) is 10.7. The number of methoxy groups -OCH3 is 1. The molecule has 1 fully saturated rings. The Kier molecular flexibility index (Phi) is 5.02. The lowest BCUT2D eigenvalue weighted by atomic mass is 9.89. The van der Waals surface area contributed by atoms with Gasteiger partial charge in [-0.05, 0) is 50.3 Å². The molecule has 0 aromatic heterocycles. The molecule has 17 heavy (non-hydrogen) atoms. The molecule has 1 aromatic rings. The van der Waals surface area contributed by atoms with E-state index in [0.717, 1.165) is 31.8 Å². The van der Waals surface area contributed by atoms with Crippen LogP contribution in [0.15, 0.2) is 30.3 Å². The fourth-order valence-electron chi connectivity index (χ4n) is 2.72. The highest BCUT2D eigenvalue weighted by atomic mass is 16.5. The van der Waals surface area contributed by atoms with Gasteiger partial charge in [0.15, 0.2) is 0 Å². The summed E-state index contributed by atoms with van der Waals surface area (Å²) in [5.74, 6) is 0.741. The number of ether oxygens (including phenoxy) is 1. The third kappa shape index (κ3) is 3.83. The summed E-state index contributed by atoms with van der Waals surface area (Å²) in [7, 11) is 1.86. The first-order chi connectivity index (χ1) is 8.40. The Balaban J connectivity index is 1.82. The topological polar surface area (TPSA) is 21.3 Å². The van der Waals surface area contributed by atoms with Gasteiger partial charge in [0.25, 0.3) is 0 Å². The zero-order valence-corrected chi connectivity index (χ0v) is 10.7. The minimum atomic E-state index is 0.428. The van der Waals surface area contributed by atoms with Gasteiger partial charge in [-0.1, -0.05) is 30.3 Å². The number of rotatable bonds is 5. The monoisotopic (exact) mass is 233 g/mol. The smallest absolute Gasteiger partial charge is 0.0603 e. The second-order valence-electron chi connectivity index (χ2n) is 4.89. The van der Waals surface area contributed by atoms with Gasteiger partial charge < -0.3 is 10.1 Å². The molecule has 0 radical (unpaired) electrons. The van der Waals surface area contributed by atoms with Crippen LogP contribution in [0.5, 0.6) is 0 Å². The maximum atomic E-state index is 5.68. The number of benzene rings is 1. The third-order valence-electron chi connectivity index (χ3n) is 3.77. The van der Waals surface area contributed by atoms with E-state index in [0.29, 0.717) is 6.10 Å². The second-order valence-corrected chi connectivity index (χ2v) is 4.89. The van der Waals surface area contributed by atoms with Crippen LogP contribution in [0, 0.1) is 5.92 Å². The van der Waals surface area contributed by atoms with Crippen LogP contribution in [-0.2, 0) is 11.2 Å². The zero-order valence-electron chi connectivity index (χ0n) is 10.7. The van der Waals surface area contributed by atoms with Crippen LogP contribution in [-0.4, -0.2) is 26.3 Å². The number of hydrogen-bond acceptors (Lipinski definition) is 2. The van der Waals surface area contributed by atoms with Crippen molar-refractivity contribution >= 4 is 0 Å². The quantitative estimate of drug-likeness (QED) is 0.844. The molecule has 1 heterocycles. The molecule has 1 N–H and O–H groups in total. The third-order valence-corrected chi connectivity index (χ3v) is 3.77. The molecule has 0 amide bonds. The van der Waals surface area contributed by atoms with E-state index in [-0.39, 0.29) is 0 Å². The molecule has 0 bridgehead atoms. The molecule has 1 aliphatic rings. The van der Waals surface area contributed by atoms with Crippen LogP contribution >= 0.6 is 0 Å². The van der Waals surface area contributed by atoms with Crippen molar-refractivity contribution in [1.29, 1.82) is 0 Å². The Morgan fingerprint density at radius 1 is 1.24 bits per heavy atom. The summed E-state index contributed by atoms with van der Waals surface area (Å²) >= 11 is 0. The second kappa shape index (κ2) is 6.77. The molecule has 1 unspecified atom stereocenters. The van der Waals surface area contributed by atoms with E-state index in [1.807, 2.05) is 7.11 Å². The van der Waals surface area contributed by atoms with Crippen molar-refractivity contribution in [1.82, 2.24) is 5.32 Å². The average molecular weight is 233 g/mol. The van der Waals surface area contributed by atoms with Crippen LogP contribution in [0.2, 0.25) is 0 Å². The largest absolute Gasteiger partial charge is 0.381 e.